The van der Waals surface area contributed by atoms with E-state index in [-0.39, 0.29) is 19.3 Å². The molecule has 2 bridgehead atoms. The lowest BCUT2D eigenvalue weighted by Gasteiger charge is -2.28. The second-order valence-electron chi connectivity index (χ2n) is 15.0. The number of ether oxygens (including phenoxy) is 1. The van der Waals surface area contributed by atoms with Gasteiger partial charge in [-0.2, -0.15) is 0 Å². The Bertz CT molecular complexity index is 2430. The third-order valence-electron chi connectivity index (χ3n) is 10.7. The fourth-order valence-corrected chi connectivity index (χ4v) is 8.10. The molecule has 11 nitrogen and oxygen atoms in total. The lowest BCUT2D eigenvalue weighted by Crippen LogP contribution is -2.59. The Morgan fingerprint density at radius 3 is 1.64 bits per heavy atom. The number of rotatable bonds is 9. The summed E-state index contributed by atoms with van der Waals surface area (Å²) in [6, 6.07) is 40.2. The van der Waals surface area contributed by atoms with Gasteiger partial charge in [0, 0.05) is 30.1 Å². The summed E-state index contributed by atoms with van der Waals surface area (Å²) >= 11 is 1.44. The molecule has 2 aliphatic rings. The molecule has 5 atom stereocenters. The first-order valence-electron chi connectivity index (χ1n) is 20.1. The molecule has 0 saturated heterocycles. The molecular weight excluding hydrogens is 789 g/mol. The predicted octanol–water partition coefficient (Wildman–Crippen LogP) is 6.33. The van der Waals surface area contributed by atoms with Gasteiger partial charge in [0.05, 0.1) is 0 Å². The molecule has 5 aromatic carbocycles. The topological polar surface area (TPSA) is 163 Å². The molecule has 2 aliphatic heterocycles. The highest BCUT2D eigenvalue weighted by Gasteiger charge is 2.34. The van der Waals surface area contributed by atoms with Gasteiger partial charge < -0.3 is 31.1 Å². The molecule has 4 amide bonds. The normalized spacial score (nSPS) is 19.4. The van der Waals surface area contributed by atoms with Gasteiger partial charge >= 0.3 is 5.97 Å². The van der Waals surface area contributed by atoms with E-state index in [1.54, 1.807) is 24.3 Å². The Balaban J connectivity index is 1.24. The molecule has 0 radical (unpaired) electrons. The predicted molar refractivity (Wildman–Crippen MR) is 235 cm³/mol. The van der Waals surface area contributed by atoms with Crippen molar-refractivity contribution in [2.75, 3.05) is 6.61 Å². The van der Waals surface area contributed by atoms with Gasteiger partial charge in [-0.25, -0.2) is 4.79 Å². The third kappa shape index (κ3) is 11.2. The highest BCUT2D eigenvalue weighted by molar-refractivity contribution is 7.10. The highest BCUT2D eigenvalue weighted by atomic mass is 32.1. The van der Waals surface area contributed by atoms with Gasteiger partial charge in [0.25, 0.3) is 5.91 Å². The minimum absolute atomic E-state index is 0.0194. The van der Waals surface area contributed by atoms with Crippen LogP contribution in [-0.2, 0) is 43.2 Å². The van der Waals surface area contributed by atoms with E-state index >= 15 is 0 Å². The number of hydrogen-bond donors (Lipinski definition) is 5. The number of carbonyl (C=O) groups excluding carboxylic acids is 4. The number of carboxylic acid groups (broad SMARTS) is 1. The van der Waals surface area contributed by atoms with Crippen LogP contribution in [0, 0.1) is 0 Å². The fraction of sp³-hybridized carbons (Fsp3) is 0.204. The molecule has 6 aromatic rings. The van der Waals surface area contributed by atoms with Gasteiger partial charge in [0.1, 0.15) is 29.9 Å². The number of carboxylic acids is 1. The number of benzene rings is 5. The average Bonchev–Trinajstić information content (AvgIpc) is 3.83. The van der Waals surface area contributed by atoms with Crippen LogP contribution < -0.4 is 26.0 Å². The maximum absolute atomic E-state index is 14.6. The van der Waals surface area contributed by atoms with Crippen molar-refractivity contribution < 1.29 is 33.8 Å². The van der Waals surface area contributed by atoms with Crippen LogP contribution in [0.25, 0.3) is 22.3 Å². The van der Waals surface area contributed by atoms with E-state index in [9.17, 15) is 29.1 Å². The van der Waals surface area contributed by atoms with Crippen LogP contribution in [0.3, 0.4) is 0 Å². The smallest absolute Gasteiger partial charge is 0.326 e. The van der Waals surface area contributed by atoms with Gasteiger partial charge in [-0.15, -0.1) is 11.3 Å². The molecule has 1 aromatic heterocycles. The summed E-state index contributed by atoms with van der Waals surface area (Å²) in [5, 5.41) is 23.4. The van der Waals surface area contributed by atoms with Gasteiger partial charge in [0.2, 0.25) is 17.7 Å². The monoisotopic (exact) mass is 834 g/mol. The molecule has 8 rings (SSSR count). The van der Waals surface area contributed by atoms with E-state index in [0.717, 1.165) is 32.7 Å². The van der Waals surface area contributed by atoms with Gasteiger partial charge in [-0.05, 0) is 62.5 Å². The Morgan fingerprint density at radius 1 is 0.623 bits per heavy atom. The second-order valence-corrected chi connectivity index (χ2v) is 16.0. The number of fused-ring (bicyclic) bond motifs is 16. The molecule has 310 valence electrons. The maximum Gasteiger partial charge on any atom is 0.326 e. The molecular formula is C49H46N4O7S. The van der Waals surface area contributed by atoms with Gasteiger partial charge in [-0.3, -0.25) is 19.2 Å². The van der Waals surface area contributed by atoms with Crippen molar-refractivity contribution in [3.05, 3.63) is 173 Å². The molecule has 0 saturated carbocycles. The van der Waals surface area contributed by atoms with Crippen LogP contribution in [0.2, 0.25) is 0 Å². The fourth-order valence-electron chi connectivity index (χ4n) is 7.28. The first kappa shape index (κ1) is 42.1. The minimum atomic E-state index is -1.34. The summed E-state index contributed by atoms with van der Waals surface area (Å²) in [4.78, 5) is 70.1. The largest absolute Gasteiger partial charge is 0.484 e. The lowest BCUT2D eigenvalue weighted by molar-refractivity contribution is -0.142. The van der Waals surface area contributed by atoms with E-state index in [0.29, 0.717) is 16.9 Å². The molecule has 0 spiro atoms. The van der Waals surface area contributed by atoms with Crippen LogP contribution in [0.4, 0.5) is 0 Å². The van der Waals surface area contributed by atoms with Crippen molar-refractivity contribution in [1.82, 2.24) is 21.3 Å². The van der Waals surface area contributed by atoms with Crippen LogP contribution in [-0.4, -0.2) is 65.5 Å². The zero-order chi connectivity index (χ0) is 42.7. The first-order valence-corrected chi connectivity index (χ1v) is 20.9. The number of aliphatic carboxylic acids is 1. The zero-order valence-electron chi connectivity index (χ0n) is 33.5. The molecule has 3 heterocycles. The molecule has 61 heavy (non-hydrogen) atoms. The zero-order valence-corrected chi connectivity index (χ0v) is 34.3. The number of carbonyl (C=O) groups is 5. The summed E-state index contributed by atoms with van der Waals surface area (Å²) in [5.41, 5.74) is 5.98. The quantitative estimate of drug-likeness (QED) is 0.106. The van der Waals surface area contributed by atoms with E-state index < -0.39 is 66.3 Å². The first-order chi connectivity index (χ1) is 29.6. The van der Waals surface area contributed by atoms with Crippen molar-refractivity contribution in [2.45, 2.75) is 56.3 Å². The Hall–Kier alpha value is -7.05. The number of thiophene rings is 1. The Morgan fingerprint density at radius 2 is 1.13 bits per heavy atom. The van der Waals surface area contributed by atoms with Crippen LogP contribution in [0.15, 0.2) is 151 Å². The van der Waals surface area contributed by atoms with Gasteiger partial charge in [0.15, 0.2) is 6.61 Å². The molecule has 5 N–H and O–H groups in total. The number of amides is 4. The second kappa shape index (κ2) is 19.8. The number of hydrogen-bond acceptors (Lipinski definition) is 7. The van der Waals surface area contributed by atoms with Crippen molar-refractivity contribution in [1.29, 1.82) is 0 Å². The van der Waals surface area contributed by atoms with E-state index in [4.69, 9.17) is 4.74 Å². The third-order valence-corrected chi connectivity index (χ3v) is 11.8. The molecule has 12 heteroatoms. The maximum atomic E-state index is 14.6. The standard InChI is InChI=1S/C49H46N4O7S/c1-31(43-13-8-26-61-43)45-48(57)51-41(28-33-16-22-38(23-17-33)36-11-6-3-7-12-36)46(55)50-40(27-32-14-20-37(21-15-32)35-9-4-2-5-10-35)47(56)52-42(49(58)59)29-34-18-24-39(25-19-34)60-30-44(54)53-45/h2-26,31,40-42,45H,27-30H2,1H3,(H,50,55)(H,51,57)(H,52,56)(H,53,54)(H,58,59)/t31?,40-,41+,42-,45?/m0/s1. The Labute approximate surface area is 358 Å². The summed E-state index contributed by atoms with van der Waals surface area (Å²) in [6.07, 6.45) is -0.00454. The lowest BCUT2D eigenvalue weighted by atomic mass is 9.96. The summed E-state index contributed by atoms with van der Waals surface area (Å²) < 4.78 is 5.75. The Kier molecular flexibility index (Phi) is 13.7. The summed E-state index contributed by atoms with van der Waals surface area (Å²) in [5.74, 6) is -3.94. The van der Waals surface area contributed by atoms with Gasteiger partial charge in [-0.1, -0.05) is 134 Å². The molecule has 2 unspecified atom stereocenters. The minimum Gasteiger partial charge on any atom is -0.484 e. The van der Waals surface area contributed by atoms with Crippen molar-refractivity contribution >= 4 is 40.9 Å². The average molecular weight is 835 g/mol. The van der Waals surface area contributed by atoms with E-state index in [2.05, 4.69) is 21.3 Å². The summed E-state index contributed by atoms with van der Waals surface area (Å²) in [7, 11) is 0. The molecule has 0 fully saturated rings. The van der Waals surface area contributed by atoms with Crippen LogP contribution in [0.1, 0.15) is 34.4 Å². The summed E-state index contributed by atoms with van der Waals surface area (Å²) in [6.45, 7) is 1.42. The molecule has 0 aliphatic carbocycles. The van der Waals surface area contributed by atoms with Crippen molar-refractivity contribution in [3.63, 3.8) is 0 Å². The van der Waals surface area contributed by atoms with E-state index in [1.807, 2.05) is 134 Å². The highest BCUT2D eigenvalue weighted by Crippen LogP contribution is 2.26. The van der Waals surface area contributed by atoms with Crippen LogP contribution >= 0.6 is 11.3 Å². The SMILES string of the molecule is CC(c1cccs1)C1NC(=O)COc2ccc(cc2)C[C@@H](C(=O)O)NC(=O)[C@H](Cc2ccc(-c3ccccc3)cc2)NC(=O)[C@@H](Cc2ccc(-c3ccccc3)cc2)NC1=O. The number of nitrogens with one attached hydrogen (secondary N) is 4. The van der Waals surface area contributed by atoms with Crippen LogP contribution in [0.5, 0.6) is 5.75 Å². The van der Waals surface area contributed by atoms with Crippen molar-refractivity contribution in [3.8, 4) is 28.0 Å². The van der Waals surface area contributed by atoms with Crippen molar-refractivity contribution in [2.24, 2.45) is 0 Å². The van der Waals surface area contributed by atoms with E-state index in [1.165, 1.54) is 11.3 Å².